The molecule has 2 rings (SSSR count). The number of nitrogens with one attached hydrogen (secondary N) is 1. The lowest BCUT2D eigenvalue weighted by Gasteiger charge is -2.27. The fourth-order valence-electron chi connectivity index (χ4n) is 3.40. The molecular weight excluding hydrogens is 234 g/mol. The van der Waals surface area contributed by atoms with Gasteiger partial charge in [-0.05, 0) is 52.0 Å². The van der Waals surface area contributed by atoms with Crippen molar-refractivity contribution >= 4 is 0 Å². The monoisotopic (exact) mass is 263 g/mol. The molecule has 0 aromatic carbocycles. The van der Waals surface area contributed by atoms with E-state index in [9.17, 15) is 0 Å². The molecular formula is C16H29N3. The molecule has 108 valence electrons. The molecule has 1 aliphatic carbocycles. The third-order valence-electron chi connectivity index (χ3n) is 4.85. The molecule has 0 bridgehead atoms. The van der Waals surface area contributed by atoms with Crippen LogP contribution in [0.4, 0.5) is 0 Å². The van der Waals surface area contributed by atoms with Crippen LogP contribution in [-0.2, 0) is 7.05 Å². The Bertz CT molecular complexity index is 414. The van der Waals surface area contributed by atoms with Crippen LogP contribution < -0.4 is 5.32 Å². The number of rotatable bonds is 4. The zero-order valence-electron chi connectivity index (χ0n) is 13.2. The second-order valence-corrected chi connectivity index (χ2v) is 6.46. The average Bonchev–Trinajstić information content (AvgIpc) is 2.62. The van der Waals surface area contributed by atoms with E-state index in [1.807, 2.05) is 11.7 Å². The molecule has 1 saturated carbocycles. The Balaban J connectivity index is 1.89. The highest BCUT2D eigenvalue weighted by atomic mass is 15.3. The number of nitrogens with zero attached hydrogens (tertiary/aromatic N) is 2. The number of hydrogen-bond donors (Lipinski definition) is 1. The van der Waals surface area contributed by atoms with Crippen molar-refractivity contribution in [3.05, 3.63) is 17.0 Å². The van der Waals surface area contributed by atoms with Crippen molar-refractivity contribution in [2.45, 2.75) is 59.4 Å². The minimum Gasteiger partial charge on any atom is -0.310 e. The topological polar surface area (TPSA) is 29.9 Å². The molecule has 3 heteroatoms. The van der Waals surface area contributed by atoms with Gasteiger partial charge >= 0.3 is 0 Å². The summed E-state index contributed by atoms with van der Waals surface area (Å²) in [6, 6.07) is 0.410. The van der Waals surface area contributed by atoms with E-state index in [2.05, 4.69) is 38.1 Å². The van der Waals surface area contributed by atoms with Gasteiger partial charge in [0.2, 0.25) is 0 Å². The first kappa shape index (κ1) is 14.6. The summed E-state index contributed by atoms with van der Waals surface area (Å²) < 4.78 is 1.99. The van der Waals surface area contributed by atoms with Crippen LogP contribution >= 0.6 is 0 Å². The van der Waals surface area contributed by atoms with Crippen LogP contribution in [-0.4, -0.2) is 16.3 Å². The summed E-state index contributed by atoms with van der Waals surface area (Å²) >= 11 is 0. The molecule has 0 radical (unpaired) electrons. The molecule has 3 nitrogen and oxygen atoms in total. The van der Waals surface area contributed by atoms with Crippen molar-refractivity contribution in [3.8, 4) is 0 Å². The van der Waals surface area contributed by atoms with Gasteiger partial charge in [0.1, 0.15) is 0 Å². The van der Waals surface area contributed by atoms with E-state index in [0.29, 0.717) is 6.04 Å². The summed E-state index contributed by atoms with van der Waals surface area (Å²) in [7, 11) is 2.03. The van der Waals surface area contributed by atoms with Crippen molar-refractivity contribution in [2.75, 3.05) is 6.54 Å². The van der Waals surface area contributed by atoms with Crippen LogP contribution in [0.3, 0.4) is 0 Å². The molecule has 0 saturated heterocycles. The van der Waals surface area contributed by atoms with Crippen LogP contribution in [0.25, 0.3) is 0 Å². The summed E-state index contributed by atoms with van der Waals surface area (Å²) in [4.78, 5) is 0. The lowest BCUT2D eigenvalue weighted by atomic mass is 9.83. The summed E-state index contributed by atoms with van der Waals surface area (Å²) in [5.74, 6) is 1.81. The van der Waals surface area contributed by atoms with Gasteiger partial charge in [-0.1, -0.05) is 19.8 Å². The Hall–Kier alpha value is -0.830. The average molecular weight is 263 g/mol. The molecule has 19 heavy (non-hydrogen) atoms. The predicted molar refractivity (Wildman–Crippen MR) is 80.2 cm³/mol. The molecule has 0 spiro atoms. The SMILES string of the molecule is Cc1nn(C)c(C)c1C(C)NCC1CCC(C)CC1. The van der Waals surface area contributed by atoms with E-state index in [1.165, 1.54) is 36.9 Å². The van der Waals surface area contributed by atoms with Crippen LogP contribution in [0.5, 0.6) is 0 Å². The first-order chi connectivity index (χ1) is 8.99. The quantitative estimate of drug-likeness (QED) is 0.901. The highest BCUT2D eigenvalue weighted by molar-refractivity contribution is 5.27. The van der Waals surface area contributed by atoms with E-state index < -0.39 is 0 Å². The van der Waals surface area contributed by atoms with Gasteiger partial charge in [-0.3, -0.25) is 4.68 Å². The van der Waals surface area contributed by atoms with Crippen LogP contribution in [0.1, 0.15) is 62.5 Å². The molecule has 0 aliphatic heterocycles. The zero-order chi connectivity index (χ0) is 14.0. The van der Waals surface area contributed by atoms with Crippen LogP contribution in [0.15, 0.2) is 0 Å². The summed E-state index contributed by atoms with van der Waals surface area (Å²) in [6.07, 6.45) is 5.61. The second-order valence-electron chi connectivity index (χ2n) is 6.46. The second kappa shape index (κ2) is 6.08. The van der Waals surface area contributed by atoms with Gasteiger partial charge in [-0.25, -0.2) is 0 Å². The minimum absolute atomic E-state index is 0.410. The van der Waals surface area contributed by atoms with Crippen molar-refractivity contribution < 1.29 is 0 Å². The highest BCUT2D eigenvalue weighted by Gasteiger charge is 2.20. The molecule has 1 aliphatic rings. The van der Waals surface area contributed by atoms with Crippen LogP contribution in [0.2, 0.25) is 0 Å². The minimum atomic E-state index is 0.410. The largest absolute Gasteiger partial charge is 0.310 e. The number of aromatic nitrogens is 2. The maximum absolute atomic E-state index is 4.51. The highest BCUT2D eigenvalue weighted by Crippen LogP contribution is 2.28. The molecule has 1 aromatic rings. The Kier molecular flexibility index (Phi) is 4.67. The van der Waals surface area contributed by atoms with E-state index in [-0.39, 0.29) is 0 Å². The number of aryl methyl sites for hydroxylation is 2. The molecule has 0 amide bonds. The third kappa shape index (κ3) is 3.38. The van der Waals surface area contributed by atoms with E-state index in [1.54, 1.807) is 0 Å². The summed E-state index contributed by atoms with van der Waals surface area (Å²) in [5.41, 5.74) is 3.83. The molecule has 1 aromatic heterocycles. The standard InChI is InChI=1S/C16H29N3/c1-11-6-8-15(9-7-11)10-17-12(2)16-13(3)18-19(5)14(16)4/h11-12,15,17H,6-10H2,1-5H3. The molecule has 1 fully saturated rings. The molecule has 1 N–H and O–H groups in total. The van der Waals surface area contributed by atoms with Crippen molar-refractivity contribution in [2.24, 2.45) is 18.9 Å². The van der Waals surface area contributed by atoms with Gasteiger partial charge in [0.15, 0.2) is 0 Å². The maximum Gasteiger partial charge on any atom is 0.0644 e. The number of hydrogen-bond acceptors (Lipinski definition) is 2. The third-order valence-corrected chi connectivity index (χ3v) is 4.85. The van der Waals surface area contributed by atoms with Crippen molar-refractivity contribution in [1.29, 1.82) is 0 Å². The normalized spacial score (nSPS) is 25.5. The fraction of sp³-hybridized carbons (Fsp3) is 0.812. The Morgan fingerprint density at radius 2 is 1.89 bits per heavy atom. The molecule has 1 atom stereocenters. The summed E-state index contributed by atoms with van der Waals surface area (Å²) in [5, 5.41) is 8.24. The first-order valence-corrected chi connectivity index (χ1v) is 7.72. The lowest BCUT2D eigenvalue weighted by molar-refractivity contribution is 0.276. The lowest BCUT2D eigenvalue weighted by Crippen LogP contribution is -2.28. The summed E-state index contributed by atoms with van der Waals surface area (Å²) in [6.45, 7) is 10.1. The first-order valence-electron chi connectivity index (χ1n) is 7.72. The van der Waals surface area contributed by atoms with Gasteiger partial charge in [0.25, 0.3) is 0 Å². The fourth-order valence-corrected chi connectivity index (χ4v) is 3.40. The van der Waals surface area contributed by atoms with Gasteiger partial charge in [-0.2, -0.15) is 5.10 Å². The van der Waals surface area contributed by atoms with E-state index in [0.717, 1.165) is 24.1 Å². The van der Waals surface area contributed by atoms with Crippen molar-refractivity contribution in [1.82, 2.24) is 15.1 Å². The van der Waals surface area contributed by atoms with E-state index >= 15 is 0 Å². The maximum atomic E-state index is 4.51. The zero-order valence-corrected chi connectivity index (χ0v) is 13.2. The molecule has 1 unspecified atom stereocenters. The van der Waals surface area contributed by atoms with Gasteiger partial charge in [-0.15, -0.1) is 0 Å². The van der Waals surface area contributed by atoms with Gasteiger partial charge in [0, 0.05) is 24.3 Å². The Morgan fingerprint density at radius 3 is 2.42 bits per heavy atom. The van der Waals surface area contributed by atoms with Gasteiger partial charge < -0.3 is 5.32 Å². The predicted octanol–water partition coefficient (Wildman–Crippen LogP) is 3.51. The Morgan fingerprint density at radius 1 is 1.26 bits per heavy atom. The Labute approximate surface area is 117 Å². The molecule has 1 heterocycles. The van der Waals surface area contributed by atoms with E-state index in [4.69, 9.17) is 0 Å². The van der Waals surface area contributed by atoms with Crippen LogP contribution in [0, 0.1) is 25.7 Å². The van der Waals surface area contributed by atoms with Gasteiger partial charge in [0.05, 0.1) is 5.69 Å². The smallest absolute Gasteiger partial charge is 0.0644 e. The van der Waals surface area contributed by atoms with Crippen molar-refractivity contribution in [3.63, 3.8) is 0 Å².